The first-order chi connectivity index (χ1) is 8.74. The maximum Gasteiger partial charge on any atom is 0.309 e. The Bertz CT molecular complexity index is 452. The smallest absolute Gasteiger partial charge is 0.309 e. The minimum absolute atomic E-state index is 0.292. The van der Waals surface area contributed by atoms with Gasteiger partial charge in [0.1, 0.15) is 5.82 Å². The predicted molar refractivity (Wildman–Crippen MR) is 73.9 cm³/mol. The number of hydrogen-bond donors (Lipinski definition) is 2. The van der Waals surface area contributed by atoms with Crippen LogP contribution in [0.3, 0.4) is 0 Å². The topological polar surface area (TPSA) is 49.3 Å². The van der Waals surface area contributed by atoms with E-state index in [2.05, 4.69) is 5.32 Å². The summed E-state index contributed by atoms with van der Waals surface area (Å²) in [4.78, 5) is 10.9. The van der Waals surface area contributed by atoms with Crippen LogP contribution >= 0.6 is 11.6 Å². The summed E-state index contributed by atoms with van der Waals surface area (Å²) < 4.78 is 13.7. The first-order valence-corrected chi connectivity index (χ1v) is 6.50. The molecular weight excluding hydrogens is 269 g/mol. The highest BCUT2D eigenvalue weighted by Gasteiger charge is 2.26. The van der Waals surface area contributed by atoms with Crippen molar-refractivity contribution in [3.8, 4) is 0 Å². The molecule has 2 N–H and O–H groups in total. The molecule has 1 aromatic carbocycles. The van der Waals surface area contributed by atoms with E-state index in [0.29, 0.717) is 30.1 Å². The van der Waals surface area contributed by atoms with E-state index in [9.17, 15) is 9.18 Å². The van der Waals surface area contributed by atoms with Gasteiger partial charge in [0.2, 0.25) is 0 Å². The van der Waals surface area contributed by atoms with Crippen molar-refractivity contribution in [2.75, 3.05) is 6.54 Å². The lowest BCUT2D eigenvalue weighted by Crippen LogP contribution is -2.29. The molecule has 0 amide bonds. The van der Waals surface area contributed by atoms with Gasteiger partial charge in [-0.05, 0) is 51.4 Å². The Morgan fingerprint density at radius 3 is 2.63 bits per heavy atom. The van der Waals surface area contributed by atoms with Crippen molar-refractivity contribution in [1.29, 1.82) is 0 Å². The summed E-state index contributed by atoms with van der Waals surface area (Å²) in [6, 6.07) is 3.15. The fourth-order valence-electron chi connectivity index (χ4n) is 1.62. The molecule has 0 saturated carbocycles. The van der Waals surface area contributed by atoms with E-state index >= 15 is 0 Å². The lowest BCUT2D eigenvalue weighted by Gasteiger charge is -2.19. The molecule has 0 aliphatic carbocycles. The molecule has 0 aromatic heterocycles. The summed E-state index contributed by atoms with van der Waals surface area (Å²) >= 11 is 5.98. The lowest BCUT2D eigenvalue weighted by molar-refractivity contribution is -0.147. The van der Waals surface area contributed by atoms with Crippen molar-refractivity contribution in [2.45, 2.75) is 33.7 Å². The van der Waals surface area contributed by atoms with Gasteiger partial charge < -0.3 is 10.4 Å². The van der Waals surface area contributed by atoms with E-state index in [1.54, 1.807) is 26.8 Å². The van der Waals surface area contributed by atoms with Gasteiger partial charge in [-0.3, -0.25) is 4.79 Å². The minimum Gasteiger partial charge on any atom is -0.481 e. The van der Waals surface area contributed by atoms with Crippen LogP contribution in [0.25, 0.3) is 0 Å². The molecule has 0 aliphatic heterocycles. The fourth-order valence-corrected chi connectivity index (χ4v) is 1.95. The Kier molecular flexibility index (Phi) is 5.32. The molecule has 3 nitrogen and oxygen atoms in total. The van der Waals surface area contributed by atoms with Crippen LogP contribution in [0.5, 0.6) is 0 Å². The molecular formula is C14H19ClFNO2. The molecule has 0 unspecified atom stereocenters. The predicted octanol–water partition coefficient (Wildman–Crippen LogP) is 3.38. The number of hydrogen-bond acceptors (Lipinski definition) is 2. The number of carbonyl (C=O) groups is 1. The molecule has 1 rings (SSSR count). The maximum atomic E-state index is 13.7. The second-order valence-corrected chi connectivity index (χ2v) is 5.73. The molecule has 19 heavy (non-hydrogen) atoms. The average molecular weight is 288 g/mol. The third-order valence-corrected chi connectivity index (χ3v) is 3.43. The molecule has 0 atom stereocenters. The number of halogens is 2. The van der Waals surface area contributed by atoms with Gasteiger partial charge in [-0.25, -0.2) is 4.39 Å². The van der Waals surface area contributed by atoms with Crippen LogP contribution in [0.2, 0.25) is 5.02 Å². The quantitative estimate of drug-likeness (QED) is 0.789. The molecule has 0 heterocycles. The Hall–Kier alpha value is -1.13. The van der Waals surface area contributed by atoms with Crippen molar-refractivity contribution in [2.24, 2.45) is 5.41 Å². The zero-order valence-electron chi connectivity index (χ0n) is 11.4. The Balaban J connectivity index is 2.53. The van der Waals surface area contributed by atoms with Gasteiger partial charge in [0, 0.05) is 17.1 Å². The molecule has 1 aromatic rings. The molecule has 0 saturated heterocycles. The van der Waals surface area contributed by atoms with E-state index in [1.807, 2.05) is 0 Å². The standard InChI is InChI=1S/C14H19ClFNO2/c1-9-6-11(15)10(12(16)7-9)8-17-5-4-14(2,3)13(18)19/h6-7,17H,4-5,8H2,1-3H3,(H,18,19). The number of aryl methyl sites for hydroxylation is 1. The fraction of sp³-hybridized carbons (Fsp3) is 0.500. The van der Waals surface area contributed by atoms with Crippen molar-refractivity contribution >= 4 is 17.6 Å². The molecule has 0 fully saturated rings. The molecule has 5 heteroatoms. The second kappa shape index (κ2) is 6.35. The molecule has 106 valence electrons. The third-order valence-electron chi connectivity index (χ3n) is 3.09. The van der Waals surface area contributed by atoms with Crippen LogP contribution in [0, 0.1) is 18.2 Å². The molecule has 0 radical (unpaired) electrons. The van der Waals surface area contributed by atoms with Crippen LogP contribution in [0.1, 0.15) is 31.4 Å². The number of nitrogens with one attached hydrogen (secondary N) is 1. The summed E-state index contributed by atoms with van der Waals surface area (Å²) in [6.45, 7) is 5.89. The summed E-state index contributed by atoms with van der Waals surface area (Å²) in [6.07, 6.45) is 0.466. The van der Waals surface area contributed by atoms with E-state index in [4.69, 9.17) is 16.7 Å². The normalized spacial score (nSPS) is 11.6. The number of aliphatic carboxylic acids is 1. The lowest BCUT2D eigenvalue weighted by atomic mass is 9.90. The zero-order valence-corrected chi connectivity index (χ0v) is 12.1. The van der Waals surface area contributed by atoms with E-state index in [-0.39, 0.29) is 5.82 Å². The first-order valence-electron chi connectivity index (χ1n) is 6.12. The Morgan fingerprint density at radius 1 is 1.47 bits per heavy atom. The summed E-state index contributed by atoms with van der Waals surface area (Å²) in [5.41, 5.74) is 0.404. The number of carboxylic acid groups (broad SMARTS) is 1. The van der Waals surface area contributed by atoms with Crippen molar-refractivity contribution in [3.05, 3.63) is 34.1 Å². The molecule has 0 spiro atoms. The van der Waals surface area contributed by atoms with Gasteiger partial charge in [0.05, 0.1) is 5.41 Å². The Morgan fingerprint density at radius 2 is 2.11 bits per heavy atom. The summed E-state index contributed by atoms with van der Waals surface area (Å²) in [5, 5.41) is 12.4. The maximum absolute atomic E-state index is 13.7. The number of carboxylic acids is 1. The average Bonchev–Trinajstić information content (AvgIpc) is 2.26. The first kappa shape index (κ1) is 15.9. The molecule has 0 bridgehead atoms. The highest BCUT2D eigenvalue weighted by molar-refractivity contribution is 6.31. The van der Waals surface area contributed by atoms with E-state index in [1.165, 1.54) is 6.07 Å². The number of benzene rings is 1. The zero-order chi connectivity index (χ0) is 14.6. The summed E-state index contributed by atoms with van der Waals surface area (Å²) in [7, 11) is 0. The van der Waals surface area contributed by atoms with E-state index < -0.39 is 11.4 Å². The van der Waals surface area contributed by atoms with Crippen LogP contribution < -0.4 is 5.32 Å². The van der Waals surface area contributed by atoms with Crippen LogP contribution in [-0.2, 0) is 11.3 Å². The van der Waals surface area contributed by atoms with Gasteiger partial charge >= 0.3 is 5.97 Å². The third kappa shape index (κ3) is 4.48. The van der Waals surface area contributed by atoms with E-state index in [0.717, 1.165) is 5.56 Å². The monoisotopic (exact) mass is 287 g/mol. The molecule has 0 aliphatic rings. The second-order valence-electron chi connectivity index (χ2n) is 5.32. The van der Waals surface area contributed by atoms with Gasteiger partial charge in [0.15, 0.2) is 0 Å². The van der Waals surface area contributed by atoms with Crippen molar-refractivity contribution < 1.29 is 14.3 Å². The van der Waals surface area contributed by atoms with Crippen molar-refractivity contribution in [1.82, 2.24) is 5.32 Å². The van der Waals surface area contributed by atoms with Gasteiger partial charge in [-0.2, -0.15) is 0 Å². The highest BCUT2D eigenvalue weighted by Crippen LogP contribution is 2.22. The van der Waals surface area contributed by atoms with Crippen LogP contribution in [0.4, 0.5) is 4.39 Å². The number of rotatable bonds is 6. The van der Waals surface area contributed by atoms with Gasteiger partial charge in [0.25, 0.3) is 0 Å². The van der Waals surface area contributed by atoms with Gasteiger partial charge in [-0.1, -0.05) is 11.6 Å². The van der Waals surface area contributed by atoms with Gasteiger partial charge in [-0.15, -0.1) is 0 Å². The minimum atomic E-state index is -0.839. The SMILES string of the molecule is Cc1cc(F)c(CNCCC(C)(C)C(=O)O)c(Cl)c1. The largest absolute Gasteiger partial charge is 0.481 e. The van der Waals surface area contributed by atoms with Crippen LogP contribution in [0.15, 0.2) is 12.1 Å². The van der Waals surface area contributed by atoms with Crippen LogP contribution in [-0.4, -0.2) is 17.6 Å². The Labute approximate surface area is 117 Å². The summed E-state index contributed by atoms with van der Waals surface area (Å²) in [5.74, 6) is -1.18. The highest BCUT2D eigenvalue weighted by atomic mass is 35.5. The van der Waals surface area contributed by atoms with Crippen molar-refractivity contribution in [3.63, 3.8) is 0 Å².